The minimum absolute atomic E-state index is 0.532. The van der Waals surface area contributed by atoms with Crippen LogP contribution in [0.3, 0.4) is 0 Å². The van der Waals surface area contributed by atoms with Crippen molar-refractivity contribution < 1.29 is 14.6 Å². The van der Waals surface area contributed by atoms with Crippen molar-refractivity contribution in [2.45, 2.75) is 32.4 Å². The number of para-hydroxylation sites is 1. The summed E-state index contributed by atoms with van der Waals surface area (Å²) in [5.41, 5.74) is 0.145. The van der Waals surface area contributed by atoms with Gasteiger partial charge in [-0.05, 0) is 26.0 Å². The Hall–Kier alpha value is -1.52. The van der Waals surface area contributed by atoms with Gasteiger partial charge in [0.15, 0.2) is 11.5 Å². The Balaban J connectivity index is 2.96. The molecule has 0 saturated carbocycles. The van der Waals surface area contributed by atoms with Gasteiger partial charge in [0.1, 0.15) is 0 Å². The van der Waals surface area contributed by atoms with Crippen molar-refractivity contribution >= 4 is 0 Å². The van der Waals surface area contributed by atoms with Crippen molar-refractivity contribution in [3.63, 3.8) is 0 Å². The van der Waals surface area contributed by atoms with Crippen LogP contribution in [0.2, 0.25) is 0 Å². The van der Waals surface area contributed by atoms with E-state index in [1.165, 1.54) is 0 Å². The zero-order valence-electron chi connectivity index (χ0n) is 13.6. The van der Waals surface area contributed by atoms with Crippen molar-refractivity contribution in [2.75, 3.05) is 27.3 Å². The third kappa shape index (κ3) is 5.06. The van der Waals surface area contributed by atoms with E-state index in [-0.39, 0.29) is 0 Å². The van der Waals surface area contributed by atoms with Crippen LogP contribution in [0.1, 0.15) is 25.8 Å². The summed E-state index contributed by atoms with van der Waals surface area (Å²) in [7, 11) is 3.28. The zero-order chi connectivity index (χ0) is 15.9. The summed E-state index contributed by atoms with van der Waals surface area (Å²) in [6, 6.07) is 5.85. The Morgan fingerprint density at radius 2 is 2.05 bits per heavy atom. The monoisotopic (exact) mass is 293 g/mol. The first-order chi connectivity index (χ1) is 9.97. The van der Waals surface area contributed by atoms with Crippen LogP contribution in [0, 0.1) is 0 Å². The molecule has 1 aromatic carbocycles. The van der Waals surface area contributed by atoms with Gasteiger partial charge in [0, 0.05) is 18.7 Å². The fraction of sp³-hybridized carbons (Fsp3) is 0.529. The molecular weight excluding hydrogens is 266 g/mol. The predicted molar refractivity (Wildman–Crippen MR) is 85.9 cm³/mol. The molecule has 0 aliphatic heterocycles. The van der Waals surface area contributed by atoms with Gasteiger partial charge in [-0.3, -0.25) is 4.90 Å². The van der Waals surface area contributed by atoms with Gasteiger partial charge in [0.05, 0.1) is 19.8 Å². The van der Waals surface area contributed by atoms with E-state index in [0.29, 0.717) is 13.1 Å². The second-order valence-electron chi connectivity index (χ2n) is 5.42. The Kier molecular flexibility index (Phi) is 6.72. The van der Waals surface area contributed by atoms with Crippen LogP contribution in [-0.2, 0) is 6.54 Å². The third-order valence-corrected chi connectivity index (χ3v) is 3.40. The minimum Gasteiger partial charge on any atom is -0.493 e. The van der Waals surface area contributed by atoms with Crippen molar-refractivity contribution in [2.24, 2.45) is 0 Å². The maximum Gasteiger partial charge on any atom is 0.165 e. The summed E-state index contributed by atoms with van der Waals surface area (Å²) in [5, 5.41) is 10.2. The van der Waals surface area contributed by atoms with E-state index in [9.17, 15) is 5.11 Å². The van der Waals surface area contributed by atoms with E-state index >= 15 is 0 Å². The zero-order valence-corrected chi connectivity index (χ0v) is 13.6. The molecule has 0 spiro atoms. The normalized spacial score (nSPS) is 13.8. The van der Waals surface area contributed by atoms with Gasteiger partial charge in [-0.15, -0.1) is 6.58 Å². The molecule has 0 saturated heterocycles. The molecule has 1 N–H and O–H groups in total. The third-order valence-electron chi connectivity index (χ3n) is 3.40. The molecular formula is C17H27NO3. The number of ether oxygens (including phenoxy) is 2. The second kappa shape index (κ2) is 8.05. The smallest absolute Gasteiger partial charge is 0.165 e. The van der Waals surface area contributed by atoms with Gasteiger partial charge in [0.2, 0.25) is 0 Å². The topological polar surface area (TPSA) is 41.9 Å². The lowest BCUT2D eigenvalue weighted by Gasteiger charge is -2.29. The largest absolute Gasteiger partial charge is 0.493 e. The summed E-state index contributed by atoms with van der Waals surface area (Å²) in [4.78, 5) is 2.19. The van der Waals surface area contributed by atoms with Crippen molar-refractivity contribution in [3.8, 4) is 11.5 Å². The fourth-order valence-electron chi connectivity index (χ4n) is 2.37. The van der Waals surface area contributed by atoms with Crippen molar-refractivity contribution in [3.05, 3.63) is 36.4 Å². The molecule has 1 unspecified atom stereocenters. The Morgan fingerprint density at radius 1 is 1.33 bits per heavy atom. The van der Waals surface area contributed by atoms with E-state index in [1.807, 2.05) is 18.2 Å². The average molecular weight is 293 g/mol. The SMILES string of the molecule is C=CC(C)(O)CN(CCC)Cc1cccc(OC)c1OC. The minimum atomic E-state index is -0.902. The molecule has 0 amide bonds. The second-order valence-corrected chi connectivity index (χ2v) is 5.42. The van der Waals surface area contributed by atoms with Crippen molar-refractivity contribution in [1.29, 1.82) is 0 Å². The number of rotatable bonds is 9. The predicted octanol–water partition coefficient (Wildman–Crippen LogP) is 2.85. The first-order valence-corrected chi connectivity index (χ1v) is 7.25. The summed E-state index contributed by atoms with van der Waals surface area (Å²) < 4.78 is 10.8. The summed E-state index contributed by atoms with van der Waals surface area (Å²) in [6.45, 7) is 9.70. The maximum absolute atomic E-state index is 10.2. The molecule has 0 radical (unpaired) electrons. The van der Waals surface area contributed by atoms with Crippen LogP contribution in [0.15, 0.2) is 30.9 Å². The Labute approximate surface area is 128 Å². The number of nitrogens with zero attached hydrogens (tertiary/aromatic N) is 1. The Morgan fingerprint density at radius 3 is 2.57 bits per heavy atom. The number of aliphatic hydroxyl groups is 1. The summed E-state index contributed by atoms with van der Waals surface area (Å²) in [5.74, 6) is 1.47. The first kappa shape index (κ1) is 17.5. The van der Waals surface area contributed by atoms with E-state index in [4.69, 9.17) is 9.47 Å². The fourth-order valence-corrected chi connectivity index (χ4v) is 2.37. The van der Waals surface area contributed by atoms with Gasteiger partial charge < -0.3 is 14.6 Å². The number of hydrogen-bond donors (Lipinski definition) is 1. The van der Waals surface area contributed by atoms with Gasteiger partial charge >= 0.3 is 0 Å². The Bertz CT molecular complexity index is 457. The van der Waals surface area contributed by atoms with Gasteiger partial charge in [-0.25, -0.2) is 0 Å². The summed E-state index contributed by atoms with van der Waals surface area (Å²) in [6.07, 6.45) is 2.60. The van der Waals surface area contributed by atoms with Gasteiger partial charge in [-0.2, -0.15) is 0 Å². The number of benzene rings is 1. The molecule has 21 heavy (non-hydrogen) atoms. The molecule has 1 rings (SSSR count). The molecule has 0 bridgehead atoms. The molecule has 4 nitrogen and oxygen atoms in total. The van der Waals surface area contributed by atoms with E-state index in [1.54, 1.807) is 27.2 Å². The molecule has 1 aromatic rings. The highest BCUT2D eigenvalue weighted by Crippen LogP contribution is 2.31. The molecule has 0 aromatic heterocycles. The highest BCUT2D eigenvalue weighted by molar-refractivity contribution is 5.46. The molecule has 0 heterocycles. The van der Waals surface area contributed by atoms with Crippen molar-refractivity contribution in [1.82, 2.24) is 4.90 Å². The van der Waals surface area contributed by atoms with Gasteiger partial charge in [-0.1, -0.05) is 25.1 Å². The van der Waals surface area contributed by atoms with Gasteiger partial charge in [0.25, 0.3) is 0 Å². The highest BCUT2D eigenvalue weighted by Gasteiger charge is 2.21. The number of methoxy groups -OCH3 is 2. The maximum atomic E-state index is 10.2. The molecule has 0 aliphatic carbocycles. The van der Waals surface area contributed by atoms with Crippen LogP contribution >= 0.6 is 0 Å². The van der Waals surface area contributed by atoms with Crippen LogP contribution in [-0.4, -0.2) is 42.9 Å². The quantitative estimate of drug-likeness (QED) is 0.711. The van der Waals surface area contributed by atoms with Crippen LogP contribution in [0.4, 0.5) is 0 Å². The van der Waals surface area contributed by atoms with E-state index in [2.05, 4.69) is 18.4 Å². The van der Waals surface area contributed by atoms with Crippen LogP contribution in [0.5, 0.6) is 11.5 Å². The molecule has 118 valence electrons. The molecule has 0 fully saturated rings. The number of hydrogen-bond acceptors (Lipinski definition) is 4. The van der Waals surface area contributed by atoms with E-state index in [0.717, 1.165) is 30.0 Å². The lowest BCUT2D eigenvalue weighted by molar-refractivity contribution is 0.0584. The lowest BCUT2D eigenvalue weighted by Crippen LogP contribution is -2.39. The first-order valence-electron chi connectivity index (χ1n) is 7.25. The molecule has 4 heteroatoms. The highest BCUT2D eigenvalue weighted by atomic mass is 16.5. The lowest BCUT2D eigenvalue weighted by atomic mass is 10.1. The van der Waals surface area contributed by atoms with Crippen LogP contribution < -0.4 is 9.47 Å². The van der Waals surface area contributed by atoms with Crippen LogP contribution in [0.25, 0.3) is 0 Å². The molecule has 0 aliphatic rings. The standard InChI is InChI=1S/C17H27NO3/c1-6-11-18(13-17(3,19)7-2)12-14-9-8-10-15(20-4)16(14)21-5/h7-10,19H,2,6,11-13H2,1,3-5H3. The average Bonchev–Trinajstić information content (AvgIpc) is 2.46. The van der Waals surface area contributed by atoms with E-state index < -0.39 is 5.60 Å². The molecule has 1 atom stereocenters. The summed E-state index contributed by atoms with van der Waals surface area (Å²) >= 11 is 0.